The molecule has 0 saturated heterocycles. The molecule has 2 N–H and O–H groups in total. The Bertz CT molecular complexity index is 1080. The Balaban J connectivity index is 1.68. The van der Waals surface area contributed by atoms with Gasteiger partial charge in [-0.25, -0.2) is 5.43 Å². The lowest BCUT2D eigenvalue weighted by Crippen LogP contribution is -2.17. The van der Waals surface area contributed by atoms with Crippen LogP contribution in [0.3, 0.4) is 0 Å². The number of phenols is 1. The summed E-state index contributed by atoms with van der Waals surface area (Å²) < 4.78 is 6.73. The van der Waals surface area contributed by atoms with Crippen molar-refractivity contribution < 1.29 is 14.6 Å². The molecule has 3 aromatic rings. The molecule has 0 aliphatic heterocycles. The minimum atomic E-state index is -0.405. The van der Waals surface area contributed by atoms with Gasteiger partial charge in [-0.1, -0.05) is 29.3 Å². The van der Waals surface area contributed by atoms with Crippen LogP contribution in [-0.4, -0.2) is 17.2 Å². The van der Waals surface area contributed by atoms with Crippen LogP contribution < -0.4 is 10.2 Å². The van der Waals surface area contributed by atoms with E-state index in [1.807, 2.05) is 0 Å². The van der Waals surface area contributed by atoms with Gasteiger partial charge in [-0.15, -0.1) is 0 Å². The summed E-state index contributed by atoms with van der Waals surface area (Å²) in [6, 6.07) is 14.9. The van der Waals surface area contributed by atoms with E-state index < -0.39 is 5.91 Å². The summed E-state index contributed by atoms with van der Waals surface area (Å²) in [5, 5.41) is 14.5. The topological polar surface area (TPSA) is 70.9 Å². The first-order valence-corrected chi connectivity index (χ1v) is 10.4. The second-order valence-corrected chi connectivity index (χ2v) is 8.26. The SMILES string of the molecule is O=C(N/N=C/c1cc(Br)c(O)c(Br)c1)c1cccc(Oc2ccc(Cl)c(Cl)c2)c1. The summed E-state index contributed by atoms with van der Waals surface area (Å²) in [4.78, 5) is 12.3. The minimum absolute atomic E-state index is 0.0879. The second-order valence-electron chi connectivity index (χ2n) is 5.74. The number of phenolic OH excluding ortho intramolecular Hbond substituents is 1. The Morgan fingerprint density at radius 2 is 1.69 bits per heavy atom. The van der Waals surface area contributed by atoms with Gasteiger partial charge in [0.15, 0.2) is 0 Å². The van der Waals surface area contributed by atoms with E-state index in [2.05, 4.69) is 42.4 Å². The molecule has 0 fully saturated rings. The van der Waals surface area contributed by atoms with Crippen molar-refractivity contribution in [3.8, 4) is 17.2 Å². The summed E-state index contributed by atoms with van der Waals surface area (Å²) in [6.07, 6.45) is 1.46. The molecule has 0 bridgehead atoms. The highest BCUT2D eigenvalue weighted by molar-refractivity contribution is 9.11. The van der Waals surface area contributed by atoms with Gasteiger partial charge in [0.05, 0.1) is 25.2 Å². The number of rotatable bonds is 5. The zero-order valence-electron chi connectivity index (χ0n) is 14.5. The van der Waals surface area contributed by atoms with E-state index in [-0.39, 0.29) is 5.75 Å². The molecule has 5 nitrogen and oxygen atoms in total. The number of ether oxygens (including phenoxy) is 1. The Kier molecular flexibility index (Phi) is 7.18. The minimum Gasteiger partial charge on any atom is -0.506 e. The fourth-order valence-corrected chi connectivity index (χ4v) is 3.78. The summed E-state index contributed by atoms with van der Waals surface area (Å²) in [5.74, 6) is 0.646. The van der Waals surface area contributed by atoms with Crippen molar-refractivity contribution in [2.75, 3.05) is 0 Å². The molecule has 0 aliphatic rings. The molecule has 0 radical (unpaired) electrons. The van der Waals surface area contributed by atoms with E-state index >= 15 is 0 Å². The normalized spacial score (nSPS) is 10.9. The van der Waals surface area contributed by atoms with Crippen molar-refractivity contribution in [2.24, 2.45) is 5.10 Å². The van der Waals surface area contributed by atoms with E-state index in [0.717, 1.165) is 0 Å². The van der Waals surface area contributed by atoms with Crippen LogP contribution in [0.5, 0.6) is 17.2 Å². The average molecular weight is 559 g/mol. The monoisotopic (exact) mass is 556 g/mol. The molecule has 1 amide bonds. The first-order valence-electron chi connectivity index (χ1n) is 8.08. The largest absolute Gasteiger partial charge is 0.506 e. The number of hydrazone groups is 1. The maximum absolute atomic E-state index is 12.3. The van der Waals surface area contributed by atoms with Crippen molar-refractivity contribution in [1.29, 1.82) is 0 Å². The van der Waals surface area contributed by atoms with Crippen molar-refractivity contribution in [3.05, 3.63) is 84.7 Å². The van der Waals surface area contributed by atoms with Crippen molar-refractivity contribution >= 4 is 67.2 Å². The molecule has 0 atom stereocenters. The molecule has 0 spiro atoms. The first-order chi connectivity index (χ1) is 13.8. The lowest BCUT2D eigenvalue weighted by atomic mass is 10.2. The standard InChI is InChI=1S/C20H12Br2Cl2N2O3/c21-15-6-11(7-16(22)19(15)27)10-25-26-20(28)12-2-1-3-13(8-12)29-14-4-5-17(23)18(24)9-14/h1-10,27H,(H,26,28)/b25-10+. The highest BCUT2D eigenvalue weighted by Gasteiger charge is 2.08. The van der Waals surface area contributed by atoms with Gasteiger partial charge in [0, 0.05) is 11.6 Å². The highest BCUT2D eigenvalue weighted by Crippen LogP contribution is 2.33. The van der Waals surface area contributed by atoms with Gasteiger partial charge in [-0.3, -0.25) is 4.79 Å². The number of carbonyl (C=O) groups is 1. The third-order valence-corrected chi connectivity index (χ3v) is 5.59. The van der Waals surface area contributed by atoms with Crippen LogP contribution in [-0.2, 0) is 0 Å². The van der Waals surface area contributed by atoms with Gasteiger partial charge in [0.25, 0.3) is 5.91 Å². The fourth-order valence-electron chi connectivity index (χ4n) is 2.27. The van der Waals surface area contributed by atoms with Gasteiger partial charge in [0.2, 0.25) is 0 Å². The van der Waals surface area contributed by atoms with E-state index in [1.54, 1.807) is 54.6 Å². The van der Waals surface area contributed by atoms with Crippen molar-refractivity contribution in [1.82, 2.24) is 5.43 Å². The molecule has 3 aromatic carbocycles. The predicted octanol–water partition coefficient (Wildman–Crippen LogP) is 6.78. The summed E-state index contributed by atoms with van der Waals surface area (Å²) in [6.45, 7) is 0. The molecule has 9 heteroatoms. The Morgan fingerprint density at radius 3 is 2.38 bits per heavy atom. The van der Waals surface area contributed by atoms with Gasteiger partial charge in [0.1, 0.15) is 17.2 Å². The Labute approximate surface area is 193 Å². The summed E-state index contributed by atoms with van der Waals surface area (Å²) in [5.41, 5.74) is 3.50. The third kappa shape index (κ3) is 5.73. The lowest BCUT2D eigenvalue weighted by molar-refractivity contribution is 0.0955. The second kappa shape index (κ2) is 9.63. The van der Waals surface area contributed by atoms with Gasteiger partial charge >= 0.3 is 0 Å². The van der Waals surface area contributed by atoms with Gasteiger partial charge in [-0.2, -0.15) is 5.10 Å². The molecule has 3 rings (SSSR count). The molecule has 0 aliphatic carbocycles. The van der Waals surface area contributed by atoms with Crippen LogP contribution in [0.4, 0.5) is 0 Å². The smallest absolute Gasteiger partial charge is 0.271 e. The highest BCUT2D eigenvalue weighted by atomic mass is 79.9. The number of halogens is 4. The quantitative estimate of drug-likeness (QED) is 0.268. The van der Waals surface area contributed by atoms with Crippen molar-refractivity contribution in [2.45, 2.75) is 0 Å². The van der Waals surface area contributed by atoms with E-state index in [0.29, 0.717) is 41.6 Å². The first kappa shape index (κ1) is 21.6. The van der Waals surface area contributed by atoms with Crippen LogP contribution in [0, 0.1) is 0 Å². The molecule has 29 heavy (non-hydrogen) atoms. The number of hydrogen-bond donors (Lipinski definition) is 2. The van der Waals surface area contributed by atoms with Crippen molar-refractivity contribution in [3.63, 3.8) is 0 Å². The van der Waals surface area contributed by atoms with Crippen LogP contribution in [0.25, 0.3) is 0 Å². The molecule has 0 unspecified atom stereocenters. The molecule has 0 aromatic heterocycles. The number of nitrogens with zero attached hydrogens (tertiary/aromatic N) is 1. The molecular formula is C20H12Br2Cl2N2O3. The van der Waals surface area contributed by atoms with Gasteiger partial charge < -0.3 is 9.84 Å². The predicted molar refractivity (Wildman–Crippen MR) is 122 cm³/mol. The summed E-state index contributed by atoms with van der Waals surface area (Å²) in [7, 11) is 0. The van der Waals surface area contributed by atoms with Gasteiger partial charge in [-0.05, 0) is 79.9 Å². The Hall–Kier alpha value is -2.06. The maximum atomic E-state index is 12.3. The van der Waals surface area contributed by atoms with Crippen LogP contribution in [0.1, 0.15) is 15.9 Å². The van der Waals surface area contributed by atoms with Crippen LogP contribution in [0.15, 0.2) is 68.6 Å². The van der Waals surface area contributed by atoms with E-state index in [9.17, 15) is 9.90 Å². The zero-order chi connectivity index (χ0) is 21.0. The zero-order valence-corrected chi connectivity index (χ0v) is 19.2. The number of amides is 1. The number of aromatic hydroxyl groups is 1. The fraction of sp³-hybridized carbons (Fsp3) is 0. The van der Waals surface area contributed by atoms with E-state index in [1.165, 1.54) is 6.21 Å². The molecule has 148 valence electrons. The third-order valence-electron chi connectivity index (χ3n) is 3.64. The van der Waals surface area contributed by atoms with Crippen LogP contribution in [0.2, 0.25) is 10.0 Å². The average Bonchev–Trinajstić information content (AvgIpc) is 2.69. The maximum Gasteiger partial charge on any atom is 0.271 e. The lowest BCUT2D eigenvalue weighted by Gasteiger charge is -2.08. The number of hydrogen-bond acceptors (Lipinski definition) is 4. The molecule has 0 saturated carbocycles. The van der Waals surface area contributed by atoms with E-state index in [4.69, 9.17) is 27.9 Å². The number of benzene rings is 3. The van der Waals surface area contributed by atoms with Crippen LogP contribution >= 0.6 is 55.1 Å². The molecular weight excluding hydrogens is 547 g/mol. The summed E-state index contributed by atoms with van der Waals surface area (Å²) >= 11 is 18.4. The molecule has 0 heterocycles. The number of nitrogens with one attached hydrogen (secondary N) is 1. The Morgan fingerprint density at radius 1 is 1.00 bits per heavy atom. The number of carbonyl (C=O) groups excluding carboxylic acids is 1.